The number of hydrogen-bond donors (Lipinski definition) is 2. The highest BCUT2D eigenvalue weighted by Crippen LogP contribution is 2.55. The molecule has 3 nitrogen and oxygen atoms in total. The van der Waals surface area contributed by atoms with Crippen molar-refractivity contribution in [2.45, 2.75) is 56.9 Å². The molecule has 3 heteroatoms. The third kappa shape index (κ3) is 1.91. The van der Waals surface area contributed by atoms with Gasteiger partial charge in [0.25, 0.3) is 0 Å². The van der Waals surface area contributed by atoms with Gasteiger partial charge in [0.15, 0.2) is 0 Å². The molecule has 2 aliphatic carbocycles. The van der Waals surface area contributed by atoms with Crippen LogP contribution in [0.4, 0.5) is 5.69 Å². The van der Waals surface area contributed by atoms with Crippen molar-refractivity contribution in [1.82, 2.24) is 5.32 Å². The second kappa shape index (κ2) is 5.16. The number of nitrogens with zero attached hydrogens (tertiary/aromatic N) is 1. The second-order valence-electron chi connectivity index (χ2n) is 7.54. The summed E-state index contributed by atoms with van der Waals surface area (Å²) in [7, 11) is 2.06. The van der Waals surface area contributed by atoms with E-state index in [1.54, 1.807) is 0 Å². The zero-order valence-corrected chi connectivity index (χ0v) is 13.9. The van der Waals surface area contributed by atoms with Crippen molar-refractivity contribution in [3.8, 4) is 5.75 Å². The Kier molecular flexibility index (Phi) is 3.37. The zero-order valence-electron chi connectivity index (χ0n) is 13.9. The average Bonchev–Trinajstić information content (AvgIpc) is 2.54. The zero-order chi connectivity index (χ0) is 15.3. The van der Waals surface area contributed by atoms with Gasteiger partial charge in [0, 0.05) is 25.0 Å². The molecule has 3 atom stereocenters. The van der Waals surface area contributed by atoms with Crippen LogP contribution < -0.4 is 10.2 Å². The number of fused-ring (bicyclic) bond motifs is 1. The van der Waals surface area contributed by atoms with Crippen LogP contribution in [0.3, 0.4) is 0 Å². The Bertz CT molecular complexity index is 581. The molecule has 1 aliphatic heterocycles. The van der Waals surface area contributed by atoms with E-state index in [0.717, 1.165) is 31.1 Å². The van der Waals surface area contributed by atoms with Gasteiger partial charge < -0.3 is 15.3 Å². The van der Waals surface area contributed by atoms with Crippen LogP contribution in [0.5, 0.6) is 5.75 Å². The van der Waals surface area contributed by atoms with Crippen molar-refractivity contribution in [3.63, 3.8) is 0 Å². The van der Waals surface area contributed by atoms with E-state index in [1.165, 1.54) is 43.2 Å². The van der Waals surface area contributed by atoms with E-state index in [1.807, 2.05) is 0 Å². The smallest absolute Gasteiger partial charge is 0.139 e. The number of phenolic OH excluding ortho intramolecular Hbond substituents is 1. The van der Waals surface area contributed by atoms with Crippen molar-refractivity contribution in [3.05, 3.63) is 23.3 Å². The molecule has 0 aromatic heterocycles. The molecule has 4 rings (SSSR count). The van der Waals surface area contributed by atoms with Gasteiger partial charge in [-0.25, -0.2) is 0 Å². The van der Waals surface area contributed by atoms with E-state index in [4.69, 9.17) is 0 Å². The van der Waals surface area contributed by atoms with Gasteiger partial charge in [-0.3, -0.25) is 0 Å². The van der Waals surface area contributed by atoms with Crippen molar-refractivity contribution >= 4 is 5.69 Å². The minimum Gasteiger partial charge on any atom is -0.506 e. The first kappa shape index (κ1) is 14.4. The molecule has 1 saturated carbocycles. The Hall–Kier alpha value is -1.22. The maximum Gasteiger partial charge on any atom is 0.139 e. The Labute approximate surface area is 133 Å². The Balaban J connectivity index is 1.85. The molecule has 1 aromatic rings. The van der Waals surface area contributed by atoms with Gasteiger partial charge in [0.05, 0.1) is 5.69 Å². The minimum absolute atomic E-state index is 0.336. The fraction of sp³-hybridized carbons (Fsp3) is 0.684. The monoisotopic (exact) mass is 300 g/mol. The van der Waals surface area contributed by atoms with Crippen LogP contribution in [-0.4, -0.2) is 31.3 Å². The molecule has 3 aliphatic rings. The van der Waals surface area contributed by atoms with Crippen LogP contribution in [0, 0.1) is 5.92 Å². The second-order valence-corrected chi connectivity index (χ2v) is 7.54. The number of hydrogen-bond acceptors (Lipinski definition) is 3. The topological polar surface area (TPSA) is 35.5 Å². The number of nitrogens with one attached hydrogen (secondary N) is 1. The number of rotatable bonds is 2. The number of anilines is 1. The SMILES string of the molecule is CCN(C)c1cc2c(cc1O)[C@]13CCCC[C@@H]1[C@H](C2)NCC3. The average molecular weight is 300 g/mol. The van der Waals surface area contributed by atoms with Gasteiger partial charge in [0.2, 0.25) is 0 Å². The maximum absolute atomic E-state index is 10.6. The van der Waals surface area contributed by atoms with Crippen LogP contribution in [0.1, 0.15) is 50.2 Å². The summed E-state index contributed by atoms with van der Waals surface area (Å²) in [6.45, 7) is 4.19. The number of benzene rings is 1. The first-order valence-corrected chi connectivity index (χ1v) is 8.96. The molecule has 2 N–H and O–H groups in total. The molecule has 0 spiro atoms. The van der Waals surface area contributed by atoms with Gasteiger partial charge in [-0.05, 0) is 68.3 Å². The van der Waals surface area contributed by atoms with Gasteiger partial charge in [-0.15, -0.1) is 0 Å². The minimum atomic E-state index is 0.336. The van der Waals surface area contributed by atoms with E-state index < -0.39 is 0 Å². The van der Waals surface area contributed by atoms with Crippen LogP contribution in [0.25, 0.3) is 0 Å². The van der Waals surface area contributed by atoms with Crippen molar-refractivity contribution in [2.24, 2.45) is 5.92 Å². The maximum atomic E-state index is 10.6. The Morgan fingerprint density at radius 3 is 3.00 bits per heavy atom. The molecule has 0 radical (unpaired) electrons. The standard InChI is InChI=1S/C19H28N2O/c1-3-21(2)17-11-13-10-16-14-6-4-5-7-19(14,8-9-20-16)15(13)12-18(17)22/h11-12,14,16,20,22H,3-10H2,1-2H3/t14-,16+,19+/m1/s1. The highest BCUT2D eigenvalue weighted by Gasteiger charge is 2.51. The summed E-state index contributed by atoms with van der Waals surface area (Å²) in [6, 6.07) is 5.03. The quantitative estimate of drug-likeness (QED) is 0.880. The summed E-state index contributed by atoms with van der Waals surface area (Å²) in [5.74, 6) is 1.25. The Morgan fingerprint density at radius 2 is 2.18 bits per heavy atom. The summed E-state index contributed by atoms with van der Waals surface area (Å²) in [6.07, 6.45) is 7.76. The molecule has 1 aromatic carbocycles. The van der Waals surface area contributed by atoms with E-state index in [0.29, 0.717) is 17.2 Å². The summed E-state index contributed by atoms with van der Waals surface area (Å²) in [5.41, 5.74) is 4.27. The van der Waals surface area contributed by atoms with Crippen molar-refractivity contribution in [2.75, 3.05) is 25.0 Å². The summed E-state index contributed by atoms with van der Waals surface area (Å²) in [4.78, 5) is 2.14. The number of aromatic hydroxyl groups is 1. The molecule has 2 fully saturated rings. The molecular weight excluding hydrogens is 272 g/mol. The van der Waals surface area contributed by atoms with Crippen LogP contribution in [-0.2, 0) is 11.8 Å². The van der Waals surface area contributed by atoms with Gasteiger partial charge in [0.1, 0.15) is 5.75 Å². The van der Waals surface area contributed by atoms with E-state index in [-0.39, 0.29) is 0 Å². The fourth-order valence-corrected chi connectivity index (χ4v) is 5.43. The van der Waals surface area contributed by atoms with Gasteiger partial charge in [-0.1, -0.05) is 12.8 Å². The third-order valence-electron chi connectivity index (χ3n) is 6.62. The van der Waals surface area contributed by atoms with Gasteiger partial charge >= 0.3 is 0 Å². The Morgan fingerprint density at radius 1 is 1.32 bits per heavy atom. The molecule has 2 bridgehead atoms. The number of phenols is 1. The van der Waals surface area contributed by atoms with Crippen LogP contribution in [0.2, 0.25) is 0 Å². The third-order valence-corrected chi connectivity index (χ3v) is 6.62. The fourth-order valence-electron chi connectivity index (χ4n) is 5.43. The first-order chi connectivity index (χ1) is 10.7. The van der Waals surface area contributed by atoms with E-state index >= 15 is 0 Å². The van der Waals surface area contributed by atoms with Crippen LogP contribution >= 0.6 is 0 Å². The lowest BCUT2D eigenvalue weighted by Crippen LogP contribution is -2.59. The van der Waals surface area contributed by atoms with E-state index in [2.05, 4.69) is 36.3 Å². The molecule has 1 saturated heterocycles. The lowest BCUT2D eigenvalue weighted by Gasteiger charge is -2.56. The predicted molar refractivity (Wildman–Crippen MR) is 90.8 cm³/mol. The summed E-state index contributed by atoms with van der Waals surface area (Å²) < 4.78 is 0. The highest BCUT2D eigenvalue weighted by atomic mass is 16.3. The van der Waals surface area contributed by atoms with Crippen molar-refractivity contribution < 1.29 is 5.11 Å². The largest absolute Gasteiger partial charge is 0.506 e. The molecule has 22 heavy (non-hydrogen) atoms. The lowest BCUT2D eigenvalue weighted by molar-refractivity contribution is 0.0796. The lowest BCUT2D eigenvalue weighted by atomic mass is 9.53. The van der Waals surface area contributed by atoms with Gasteiger partial charge in [-0.2, -0.15) is 0 Å². The van der Waals surface area contributed by atoms with Crippen LogP contribution in [0.15, 0.2) is 12.1 Å². The number of piperidine rings is 1. The van der Waals surface area contributed by atoms with Crippen molar-refractivity contribution in [1.29, 1.82) is 0 Å². The molecule has 0 unspecified atom stereocenters. The molecule has 0 amide bonds. The molecule has 1 heterocycles. The van der Waals surface area contributed by atoms with E-state index in [9.17, 15) is 5.11 Å². The normalized spacial score (nSPS) is 33.0. The first-order valence-electron chi connectivity index (χ1n) is 8.96. The summed E-state index contributed by atoms with van der Waals surface area (Å²) in [5, 5.41) is 14.4. The molecular formula is C19H28N2O. The predicted octanol–water partition coefficient (Wildman–Crippen LogP) is 3.19. The summed E-state index contributed by atoms with van der Waals surface area (Å²) >= 11 is 0. The highest BCUT2D eigenvalue weighted by molar-refractivity contribution is 5.63. The molecule has 120 valence electrons.